The molecule has 0 radical (unpaired) electrons. The highest BCUT2D eigenvalue weighted by molar-refractivity contribution is 5.87. The fraction of sp³-hybridized carbons (Fsp3) is 0.455. The Bertz CT molecular complexity index is 342. The molecule has 1 heterocycles. The van der Waals surface area contributed by atoms with E-state index in [0.717, 1.165) is 6.42 Å². The number of aromatic nitrogens is 1. The van der Waals surface area contributed by atoms with Crippen molar-refractivity contribution in [1.82, 2.24) is 4.98 Å². The molecule has 5 heteroatoms. The average Bonchev–Trinajstić information content (AvgIpc) is 2.30. The van der Waals surface area contributed by atoms with Crippen molar-refractivity contribution in [2.45, 2.75) is 13.3 Å². The number of pyridine rings is 1. The quantitative estimate of drug-likeness (QED) is 0.576. The minimum Gasteiger partial charge on any atom is -0.478 e. The minimum absolute atomic E-state index is 0.257. The Kier molecular flexibility index (Phi) is 5.28. The number of ether oxygens (including phenoxy) is 2. The van der Waals surface area contributed by atoms with Crippen LogP contribution in [0.4, 0.5) is 0 Å². The summed E-state index contributed by atoms with van der Waals surface area (Å²) in [4.78, 5) is 15.4. The van der Waals surface area contributed by atoms with E-state index in [1.54, 1.807) is 25.1 Å². The van der Waals surface area contributed by atoms with Crippen LogP contribution >= 0.6 is 0 Å². The van der Waals surface area contributed by atoms with Gasteiger partial charge >= 0.3 is 5.97 Å². The molecular formula is C11H16N2O3. The fourth-order valence-corrected chi connectivity index (χ4v) is 1.07. The number of esters is 1. The highest BCUT2D eigenvalue weighted by Gasteiger charge is 2.08. The zero-order chi connectivity index (χ0) is 11.8. The van der Waals surface area contributed by atoms with Gasteiger partial charge in [-0.05, 0) is 26.0 Å². The van der Waals surface area contributed by atoms with E-state index in [-0.39, 0.29) is 5.69 Å². The molecule has 0 aliphatic rings. The lowest BCUT2D eigenvalue weighted by atomic mass is 10.3. The Morgan fingerprint density at radius 3 is 3.00 bits per heavy atom. The van der Waals surface area contributed by atoms with Gasteiger partial charge in [-0.1, -0.05) is 6.07 Å². The van der Waals surface area contributed by atoms with Crippen molar-refractivity contribution in [2.75, 3.05) is 19.8 Å². The van der Waals surface area contributed by atoms with Crippen LogP contribution in [-0.2, 0) is 4.74 Å². The molecule has 1 aromatic heterocycles. The van der Waals surface area contributed by atoms with Crippen LogP contribution in [0.15, 0.2) is 18.2 Å². The van der Waals surface area contributed by atoms with Crippen LogP contribution in [0.2, 0.25) is 0 Å². The molecule has 0 aromatic carbocycles. The molecule has 0 aliphatic carbocycles. The molecule has 1 aromatic rings. The average molecular weight is 224 g/mol. The molecule has 0 fully saturated rings. The normalized spacial score (nSPS) is 9.88. The maximum atomic E-state index is 11.4. The third-order valence-electron chi connectivity index (χ3n) is 1.81. The zero-order valence-electron chi connectivity index (χ0n) is 9.31. The monoisotopic (exact) mass is 224 g/mol. The number of rotatable bonds is 6. The summed E-state index contributed by atoms with van der Waals surface area (Å²) in [6.45, 7) is 3.14. The highest BCUT2D eigenvalue weighted by Crippen LogP contribution is 2.08. The standard InChI is InChI=1S/C11H16N2O3/c1-2-15-11(14)9-5-3-6-10(13-9)16-8-4-7-12/h3,5-6H,2,4,7-8,12H2,1H3. The van der Waals surface area contributed by atoms with E-state index in [4.69, 9.17) is 15.2 Å². The van der Waals surface area contributed by atoms with Crippen molar-refractivity contribution < 1.29 is 14.3 Å². The Morgan fingerprint density at radius 1 is 1.50 bits per heavy atom. The lowest BCUT2D eigenvalue weighted by molar-refractivity contribution is 0.0518. The lowest BCUT2D eigenvalue weighted by Crippen LogP contribution is -2.10. The third-order valence-corrected chi connectivity index (χ3v) is 1.81. The maximum absolute atomic E-state index is 11.4. The molecule has 0 unspecified atom stereocenters. The lowest BCUT2D eigenvalue weighted by Gasteiger charge is -2.05. The molecule has 0 bridgehead atoms. The van der Waals surface area contributed by atoms with Gasteiger partial charge < -0.3 is 15.2 Å². The molecule has 88 valence electrons. The van der Waals surface area contributed by atoms with Gasteiger partial charge in [0.15, 0.2) is 5.69 Å². The zero-order valence-corrected chi connectivity index (χ0v) is 9.31. The molecular weight excluding hydrogens is 208 g/mol. The van der Waals surface area contributed by atoms with Crippen molar-refractivity contribution in [2.24, 2.45) is 5.73 Å². The summed E-state index contributed by atoms with van der Waals surface area (Å²) in [5, 5.41) is 0. The Labute approximate surface area is 94.6 Å². The number of carbonyl (C=O) groups excluding carboxylic acids is 1. The molecule has 0 saturated carbocycles. The molecule has 16 heavy (non-hydrogen) atoms. The van der Waals surface area contributed by atoms with Crippen molar-refractivity contribution in [3.8, 4) is 5.88 Å². The van der Waals surface area contributed by atoms with Gasteiger partial charge in [0.2, 0.25) is 5.88 Å². The van der Waals surface area contributed by atoms with Crippen LogP contribution < -0.4 is 10.5 Å². The van der Waals surface area contributed by atoms with Crippen molar-refractivity contribution in [3.05, 3.63) is 23.9 Å². The van der Waals surface area contributed by atoms with Crippen LogP contribution in [0.1, 0.15) is 23.8 Å². The van der Waals surface area contributed by atoms with Crippen LogP contribution in [-0.4, -0.2) is 30.7 Å². The first kappa shape index (κ1) is 12.4. The summed E-state index contributed by atoms with van der Waals surface area (Å²) in [6.07, 6.45) is 0.755. The second kappa shape index (κ2) is 6.79. The van der Waals surface area contributed by atoms with Gasteiger partial charge in [0, 0.05) is 6.07 Å². The number of hydrogen-bond acceptors (Lipinski definition) is 5. The largest absolute Gasteiger partial charge is 0.478 e. The summed E-state index contributed by atoms with van der Waals surface area (Å²) in [6, 6.07) is 4.99. The maximum Gasteiger partial charge on any atom is 0.357 e. The smallest absolute Gasteiger partial charge is 0.357 e. The molecule has 0 amide bonds. The van der Waals surface area contributed by atoms with Crippen molar-refractivity contribution >= 4 is 5.97 Å². The predicted octanol–water partition coefficient (Wildman–Crippen LogP) is 0.986. The van der Waals surface area contributed by atoms with E-state index in [0.29, 0.717) is 25.6 Å². The summed E-state index contributed by atoms with van der Waals surface area (Å²) < 4.78 is 10.1. The van der Waals surface area contributed by atoms with Crippen LogP contribution in [0.3, 0.4) is 0 Å². The number of hydrogen-bond donors (Lipinski definition) is 1. The first-order chi connectivity index (χ1) is 7.77. The van der Waals surface area contributed by atoms with Gasteiger partial charge in [-0.2, -0.15) is 0 Å². The summed E-state index contributed by atoms with van der Waals surface area (Å²) >= 11 is 0. The summed E-state index contributed by atoms with van der Waals surface area (Å²) in [7, 11) is 0. The highest BCUT2D eigenvalue weighted by atomic mass is 16.5. The van der Waals surface area contributed by atoms with Gasteiger partial charge in [-0.3, -0.25) is 0 Å². The molecule has 5 nitrogen and oxygen atoms in total. The first-order valence-corrected chi connectivity index (χ1v) is 5.25. The summed E-state index contributed by atoms with van der Waals surface area (Å²) in [5.41, 5.74) is 5.59. The van der Waals surface area contributed by atoms with E-state index < -0.39 is 5.97 Å². The molecule has 0 atom stereocenters. The predicted molar refractivity (Wildman–Crippen MR) is 59.4 cm³/mol. The Morgan fingerprint density at radius 2 is 2.31 bits per heavy atom. The molecule has 0 aliphatic heterocycles. The van der Waals surface area contributed by atoms with Gasteiger partial charge in [0.25, 0.3) is 0 Å². The Hall–Kier alpha value is -1.62. The van der Waals surface area contributed by atoms with Crippen LogP contribution in [0.25, 0.3) is 0 Å². The molecule has 1 rings (SSSR count). The fourth-order valence-electron chi connectivity index (χ4n) is 1.07. The number of carbonyl (C=O) groups is 1. The van der Waals surface area contributed by atoms with E-state index in [9.17, 15) is 4.79 Å². The SMILES string of the molecule is CCOC(=O)c1cccc(OCCCN)n1. The van der Waals surface area contributed by atoms with Crippen molar-refractivity contribution in [3.63, 3.8) is 0 Å². The number of nitrogens with two attached hydrogens (primary N) is 1. The van der Waals surface area contributed by atoms with E-state index in [1.807, 2.05) is 0 Å². The molecule has 0 saturated heterocycles. The molecule has 2 N–H and O–H groups in total. The summed E-state index contributed by atoms with van der Waals surface area (Å²) in [5.74, 6) is -0.0224. The topological polar surface area (TPSA) is 74.4 Å². The second-order valence-electron chi connectivity index (χ2n) is 3.07. The van der Waals surface area contributed by atoms with E-state index in [1.165, 1.54) is 0 Å². The third kappa shape index (κ3) is 3.86. The van der Waals surface area contributed by atoms with Gasteiger partial charge in [-0.15, -0.1) is 0 Å². The van der Waals surface area contributed by atoms with E-state index in [2.05, 4.69) is 4.98 Å². The van der Waals surface area contributed by atoms with E-state index >= 15 is 0 Å². The van der Waals surface area contributed by atoms with Gasteiger partial charge in [0.1, 0.15) is 0 Å². The first-order valence-electron chi connectivity index (χ1n) is 5.25. The van der Waals surface area contributed by atoms with Gasteiger partial charge in [-0.25, -0.2) is 9.78 Å². The minimum atomic E-state index is -0.438. The second-order valence-corrected chi connectivity index (χ2v) is 3.07. The van der Waals surface area contributed by atoms with Crippen LogP contribution in [0, 0.1) is 0 Å². The van der Waals surface area contributed by atoms with Crippen molar-refractivity contribution in [1.29, 1.82) is 0 Å². The van der Waals surface area contributed by atoms with Crippen LogP contribution in [0.5, 0.6) is 5.88 Å². The number of nitrogens with zero attached hydrogens (tertiary/aromatic N) is 1. The Balaban J connectivity index is 2.60. The molecule has 0 spiro atoms. The van der Waals surface area contributed by atoms with Gasteiger partial charge in [0.05, 0.1) is 13.2 Å².